The number of hydrogen-bond acceptors (Lipinski definition) is 0. The van der Waals surface area contributed by atoms with Crippen LogP contribution in [-0.4, -0.2) is 0 Å². The molecule has 203 valence electrons. The number of rotatable bonds is 3. The molecule has 0 aliphatic carbocycles. The predicted octanol–water partition coefficient (Wildman–Crippen LogP) is 12.8. The van der Waals surface area contributed by atoms with Crippen LogP contribution in [0.1, 0.15) is 132 Å². The Morgan fingerprint density at radius 1 is 0.647 bits per heavy atom. The van der Waals surface area contributed by atoms with Gasteiger partial charge in [0.05, 0.1) is 0 Å². The van der Waals surface area contributed by atoms with Crippen LogP contribution in [0.4, 0.5) is 0 Å². The van der Waals surface area contributed by atoms with Gasteiger partial charge >= 0.3 is 0 Å². The van der Waals surface area contributed by atoms with Gasteiger partial charge in [-0.1, -0.05) is 125 Å². The Kier molecular flexibility index (Phi) is 144. The minimum absolute atomic E-state index is 0. The van der Waals surface area contributed by atoms with Crippen LogP contribution >= 0.6 is 0 Å². The standard InChI is InChI=1S/C12H8.C5H12.C3H8.C3H4.3C2H6.4CH4.Y/c1-3-7-11(8-4-1)12-9-5-2-6-10-12;1-3-5-4-2;2*1-3-2;3*1-2;;;;;/h1-7,9H;3-5H2,1-2H3;3H2,1-2H3;1H,2H3;3*1-2H3;4*1H4;/q-2;;;;;;;;;;;. The number of benzene rings is 2. The average Bonchev–Trinajstić information content (AvgIpc) is 2.81. The van der Waals surface area contributed by atoms with Gasteiger partial charge in [-0.05, 0) is 6.92 Å². The zero-order valence-electron chi connectivity index (χ0n) is 22.1. The van der Waals surface area contributed by atoms with E-state index in [9.17, 15) is 0 Å². The first-order valence-electron chi connectivity index (χ1n) is 11.5. The molecule has 0 aliphatic rings. The summed E-state index contributed by atoms with van der Waals surface area (Å²) >= 11 is 0. The molecular formula is C33H66Y-2. The Morgan fingerprint density at radius 2 is 0.882 bits per heavy atom. The minimum atomic E-state index is 0. The summed E-state index contributed by atoms with van der Waals surface area (Å²) in [5.41, 5.74) is 2.19. The summed E-state index contributed by atoms with van der Waals surface area (Å²) in [4.78, 5) is 0. The Balaban J connectivity index is -0.0000000285. The van der Waals surface area contributed by atoms with Crippen molar-refractivity contribution in [3.8, 4) is 23.5 Å². The fraction of sp³-hybridized carbons (Fsp3) is 0.576. The summed E-state index contributed by atoms with van der Waals surface area (Å²) in [7, 11) is 0. The summed E-state index contributed by atoms with van der Waals surface area (Å²) in [5.74, 6) is 2.25. The van der Waals surface area contributed by atoms with Gasteiger partial charge in [0.25, 0.3) is 0 Å². The van der Waals surface area contributed by atoms with E-state index in [0.29, 0.717) is 0 Å². The molecule has 1 heteroatoms. The summed E-state index contributed by atoms with van der Waals surface area (Å²) in [6.07, 6.45) is 9.92. The van der Waals surface area contributed by atoms with E-state index in [1.165, 1.54) is 25.7 Å². The van der Waals surface area contributed by atoms with Gasteiger partial charge in [-0.15, -0.1) is 24.5 Å². The third-order valence-electron chi connectivity index (χ3n) is 2.42. The van der Waals surface area contributed by atoms with Crippen molar-refractivity contribution in [1.82, 2.24) is 0 Å². The van der Waals surface area contributed by atoms with Gasteiger partial charge in [-0.3, -0.25) is 0 Å². The summed E-state index contributed by atoms with van der Waals surface area (Å²) in [6.45, 7) is 22.3. The normalized spacial score (nSPS) is 5.94. The molecule has 2 aromatic carbocycles. The predicted molar refractivity (Wildman–Crippen MR) is 166 cm³/mol. The Bertz CT molecular complexity index is 429. The molecule has 0 nitrogen and oxygen atoms in total. The van der Waals surface area contributed by atoms with Gasteiger partial charge in [-0.2, -0.15) is 48.5 Å². The van der Waals surface area contributed by atoms with Crippen LogP contribution in [0.2, 0.25) is 0 Å². The molecular weight excluding hydrogens is 485 g/mol. The van der Waals surface area contributed by atoms with Crippen molar-refractivity contribution in [2.75, 3.05) is 0 Å². The van der Waals surface area contributed by atoms with E-state index in [1.54, 1.807) is 6.92 Å². The molecule has 0 saturated carbocycles. The van der Waals surface area contributed by atoms with Crippen molar-refractivity contribution >= 4 is 0 Å². The maximum atomic E-state index is 4.60. The van der Waals surface area contributed by atoms with E-state index < -0.39 is 0 Å². The summed E-state index contributed by atoms with van der Waals surface area (Å²) in [5, 5.41) is 0. The molecule has 0 saturated heterocycles. The van der Waals surface area contributed by atoms with Crippen LogP contribution in [0.5, 0.6) is 0 Å². The van der Waals surface area contributed by atoms with E-state index in [1.807, 2.05) is 90.1 Å². The maximum absolute atomic E-state index is 4.60. The van der Waals surface area contributed by atoms with Crippen LogP contribution in [0.3, 0.4) is 0 Å². The minimum Gasteiger partial charge on any atom is -0.226 e. The Hall–Kier alpha value is -0.896. The smallest absolute Gasteiger partial charge is 0 e. The van der Waals surface area contributed by atoms with Crippen molar-refractivity contribution in [3.63, 3.8) is 0 Å². The molecule has 0 spiro atoms. The second-order valence-corrected chi connectivity index (χ2v) is 4.90. The molecule has 0 amide bonds. The van der Waals surface area contributed by atoms with E-state index in [0.717, 1.165) is 11.1 Å². The fourth-order valence-corrected chi connectivity index (χ4v) is 1.48. The fourth-order valence-electron chi connectivity index (χ4n) is 1.48. The SMILES string of the molecule is C.C.C.C.C#CC.CC.CC.CC.CCC.CCCCC.[Y].[c-]1ccccc1-c1[c-]cccc1. The van der Waals surface area contributed by atoms with Gasteiger partial charge in [-0.25, -0.2) is 11.1 Å². The van der Waals surface area contributed by atoms with Crippen LogP contribution < -0.4 is 0 Å². The molecule has 0 unspecified atom stereocenters. The van der Waals surface area contributed by atoms with Crippen LogP contribution in [0, 0.1) is 24.5 Å². The Morgan fingerprint density at radius 3 is 1.00 bits per heavy atom. The zero-order valence-corrected chi connectivity index (χ0v) is 24.9. The number of terminal acetylenes is 1. The first-order chi connectivity index (χ1) is 14.2. The second kappa shape index (κ2) is 76.8. The summed E-state index contributed by atoms with van der Waals surface area (Å²) < 4.78 is 0. The number of hydrogen-bond donors (Lipinski definition) is 0. The molecule has 0 N–H and O–H groups in total. The molecule has 0 heterocycles. The van der Waals surface area contributed by atoms with Crippen molar-refractivity contribution in [2.24, 2.45) is 0 Å². The molecule has 2 aromatic rings. The van der Waals surface area contributed by atoms with Gasteiger partial charge in [0.1, 0.15) is 0 Å². The van der Waals surface area contributed by atoms with E-state index in [-0.39, 0.29) is 62.4 Å². The van der Waals surface area contributed by atoms with Crippen LogP contribution in [0.15, 0.2) is 48.5 Å². The van der Waals surface area contributed by atoms with Gasteiger partial charge in [0.2, 0.25) is 0 Å². The van der Waals surface area contributed by atoms with E-state index in [2.05, 4.69) is 52.2 Å². The van der Waals surface area contributed by atoms with E-state index in [4.69, 9.17) is 0 Å². The molecule has 0 aromatic heterocycles. The molecule has 0 bridgehead atoms. The Labute approximate surface area is 247 Å². The largest absolute Gasteiger partial charge is 0.226 e. The molecule has 1 radical (unpaired) electrons. The van der Waals surface area contributed by atoms with Crippen molar-refractivity contribution in [1.29, 1.82) is 0 Å². The quantitative estimate of drug-likeness (QED) is 0.263. The zero-order chi connectivity index (χ0) is 23.8. The van der Waals surface area contributed by atoms with Crippen molar-refractivity contribution in [2.45, 2.75) is 132 Å². The van der Waals surface area contributed by atoms with Gasteiger partial charge < -0.3 is 0 Å². The molecule has 0 atom stereocenters. The van der Waals surface area contributed by atoms with Gasteiger partial charge in [0, 0.05) is 32.7 Å². The van der Waals surface area contributed by atoms with Gasteiger partial charge in [0.15, 0.2) is 0 Å². The van der Waals surface area contributed by atoms with Crippen molar-refractivity contribution < 1.29 is 32.7 Å². The average molecular weight is 552 g/mol. The maximum Gasteiger partial charge on any atom is 0 e. The topological polar surface area (TPSA) is 0 Å². The van der Waals surface area contributed by atoms with E-state index >= 15 is 0 Å². The molecule has 0 fully saturated rings. The molecule has 0 aliphatic heterocycles. The first-order valence-corrected chi connectivity index (χ1v) is 11.5. The third kappa shape index (κ3) is 63.3. The second-order valence-electron chi connectivity index (χ2n) is 4.90. The third-order valence-corrected chi connectivity index (χ3v) is 2.42. The monoisotopic (exact) mass is 551 g/mol. The van der Waals surface area contributed by atoms with Crippen LogP contribution in [0.25, 0.3) is 11.1 Å². The molecule has 2 rings (SSSR count). The molecule has 34 heavy (non-hydrogen) atoms. The number of unbranched alkanes of at least 4 members (excludes halogenated alkanes) is 2. The first kappa shape index (κ1) is 63.9. The van der Waals surface area contributed by atoms with Crippen LogP contribution in [-0.2, 0) is 32.7 Å². The summed E-state index contributed by atoms with van der Waals surface area (Å²) in [6, 6.07) is 22.1. The van der Waals surface area contributed by atoms with Crippen molar-refractivity contribution in [3.05, 3.63) is 60.7 Å².